The highest BCUT2D eigenvalue weighted by Crippen LogP contribution is 2.20. The highest BCUT2D eigenvalue weighted by molar-refractivity contribution is 6.92. The second kappa shape index (κ2) is 5.37. The molecular formula is C18H22F2Si. The molecule has 0 nitrogen and oxygen atoms in total. The Bertz CT molecular complexity index is 597. The standard InChI is InChI=1S/C18H22F2Si/c1-11-7-13(3)17(14(4)8-11)21(19,20)18-15(5)9-12(2)10-16(18)6/h7-10H,1-6H3. The van der Waals surface area contributed by atoms with Gasteiger partial charge in [0, 0.05) is 10.4 Å². The lowest BCUT2D eigenvalue weighted by Crippen LogP contribution is -2.55. The predicted molar refractivity (Wildman–Crippen MR) is 88.5 cm³/mol. The van der Waals surface area contributed by atoms with Crippen molar-refractivity contribution in [2.24, 2.45) is 0 Å². The Morgan fingerprint density at radius 3 is 1.05 bits per heavy atom. The number of benzene rings is 2. The lowest BCUT2D eigenvalue weighted by atomic mass is 10.1. The van der Waals surface area contributed by atoms with E-state index in [4.69, 9.17) is 0 Å². The van der Waals surface area contributed by atoms with Crippen molar-refractivity contribution < 1.29 is 8.22 Å². The third-order valence-electron chi connectivity index (χ3n) is 3.98. The largest absolute Gasteiger partial charge is 0.488 e. The van der Waals surface area contributed by atoms with Crippen molar-refractivity contribution >= 4 is 19.1 Å². The Morgan fingerprint density at radius 2 is 0.810 bits per heavy atom. The Balaban J connectivity index is 2.74. The third-order valence-corrected chi connectivity index (χ3v) is 6.82. The molecule has 0 radical (unpaired) electrons. The van der Waals surface area contributed by atoms with Gasteiger partial charge in [-0.3, -0.25) is 8.22 Å². The molecular weight excluding hydrogens is 282 g/mol. The summed E-state index contributed by atoms with van der Waals surface area (Å²) in [4.78, 5) is 0. The zero-order chi connectivity index (χ0) is 15.9. The van der Waals surface area contributed by atoms with Crippen LogP contribution in [0.15, 0.2) is 24.3 Å². The minimum Gasteiger partial charge on any atom is -0.259 e. The Morgan fingerprint density at radius 1 is 0.571 bits per heavy atom. The first-order valence-corrected chi connectivity index (χ1v) is 8.94. The van der Waals surface area contributed by atoms with Gasteiger partial charge in [-0.05, 0) is 63.8 Å². The van der Waals surface area contributed by atoms with Crippen LogP contribution in [-0.2, 0) is 0 Å². The van der Waals surface area contributed by atoms with E-state index in [0.717, 1.165) is 11.1 Å². The van der Waals surface area contributed by atoms with Crippen molar-refractivity contribution in [1.82, 2.24) is 0 Å². The maximum atomic E-state index is 15.3. The highest BCUT2D eigenvalue weighted by Gasteiger charge is 2.45. The molecule has 0 N–H and O–H groups in total. The molecule has 0 amide bonds. The molecule has 0 aliphatic rings. The zero-order valence-electron chi connectivity index (χ0n) is 13.6. The molecule has 0 heterocycles. The van der Waals surface area contributed by atoms with Gasteiger partial charge in [-0.15, -0.1) is 0 Å². The fraction of sp³-hybridized carbons (Fsp3) is 0.333. The van der Waals surface area contributed by atoms with Crippen LogP contribution in [0.2, 0.25) is 0 Å². The van der Waals surface area contributed by atoms with Crippen molar-refractivity contribution in [3.63, 3.8) is 0 Å². The van der Waals surface area contributed by atoms with E-state index in [0.29, 0.717) is 22.3 Å². The molecule has 3 heteroatoms. The van der Waals surface area contributed by atoms with Crippen LogP contribution in [0.1, 0.15) is 33.4 Å². The Hall–Kier alpha value is -1.48. The normalized spacial score (nSPS) is 11.8. The molecule has 0 saturated heterocycles. The maximum absolute atomic E-state index is 15.3. The maximum Gasteiger partial charge on any atom is 0.488 e. The molecule has 0 saturated carbocycles. The van der Waals surface area contributed by atoms with Crippen LogP contribution in [-0.4, -0.2) is 8.74 Å². The summed E-state index contributed by atoms with van der Waals surface area (Å²) in [6, 6.07) is 7.45. The van der Waals surface area contributed by atoms with Crippen LogP contribution in [0.4, 0.5) is 8.22 Å². The summed E-state index contributed by atoms with van der Waals surface area (Å²) < 4.78 is 30.7. The van der Waals surface area contributed by atoms with Crippen LogP contribution in [0, 0.1) is 41.5 Å². The van der Waals surface area contributed by atoms with E-state index >= 15 is 8.22 Å². The van der Waals surface area contributed by atoms with Gasteiger partial charge in [0.2, 0.25) is 0 Å². The van der Waals surface area contributed by atoms with Crippen LogP contribution >= 0.6 is 0 Å². The van der Waals surface area contributed by atoms with Gasteiger partial charge in [0.25, 0.3) is 0 Å². The molecule has 0 unspecified atom stereocenters. The summed E-state index contributed by atoms with van der Waals surface area (Å²) in [6.07, 6.45) is 0. The topological polar surface area (TPSA) is 0 Å². The molecule has 112 valence electrons. The van der Waals surface area contributed by atoms with Crippen molar-refractivity contribution in [3.8, 4) is 0 Å². The molecule has 0 aliphatic heterocycles. The number of rotatable bonds is 2. The first-order valence-electron chi connectivity index (χ1n) is 7.19. The predicted octanol–water partition coefficient (Wildman–Crippen LogP) is 4.03. The van der Waals surface area contributed by atoms with Gasteiger partial charge in [-0.2, -0.15) is 0 Å². The molecule has 0 spiro atoms. The summed E-state index contributed by atoms with van der Waals surface area (Å²) in [5.41, 5.74) is 4.92. The monoisotopic (exact) mass is 304 g/mol. The van der Waals surface area contributed by atoms with E-state index in [1.54, 1.807) is 27.7 Å². The molecule has 0 bridgehead atoms. The van der Waals surface area contributed by atoms with Gasteiger partial charge in [0.1, 0.15) is 0 Å². The van der Waals surface area contributed by atoms with Gasteiger partial charge in [0.05, 0.1) is 0 Å². The van der Waals surface area contributed by atoms with Gasteiger partial charge in [-0.25, -0.2) is 0 Å². The van der Waals surface area contributed by atoms with Crippen LogP contribution in [0.3, 0.4) is 0 Å². The summed E-state index contributed by atoms with van der Waals surface area (Å²) in [7, 11) is -4.68. The van der Waals surface area contributed by atoms with Crippen LogP contribution < -0.4 is 10.4 Å². The molecule has 2 aromatic rings. The molecule has 21 heavy (non-hydrogen) atoms. The van der Waals surface area contributed by atoms with Gasteiger partial charge < -0.3 is 0 Å². The van der Waals surface area contributed by atoms with Crippen LogP contribution in [0.25, 0.3) is 0 Å². The highest BCUT2D eigenvalue weighted by atomic mass is 28.4. The second-order valence-corrected chi connectivity index (χ2v) is 8.27. The summed E-state index contributed by atoms with van der Waals surface area (Å²) >= 11 is 0. The zero-order valence-corrected chi connectivity index (χ0v) is 14.6. The lowest BCUT2D eigenvalue weighted by Gasteiger charge is -2.23. The van der Waals surface area contributed by atoms with Crippen LogP contribution in [0.5, 0.6) is 0 Å². The number of hydrogen-bond acceptors (Lipinski definition) is 0. The fourth-order valence-electron chi connectivity index (χ4n) is 3.48. The molecule has 2 aromatic carbocycles. The van der Waals surface area contributed by atoms with Gasteiger partial charge >= 0.3 is 8.74 Å². The molecule has 0 fully saturated rings. The van der Waals surface area contributed by atoms with Gasteiger partial charge in [0.15, 0.2) is 0 Å². The summed E-state index contributed by atoms with van der Waals surface area (Å²) in [6.45, 7) is 11.1. The average molecular weight is 304 g/mol. The first-order chi connectivity index (χ1) is 9.64. The van der Waals surface area contributed by atoms with Crippen molar-refractivity contribution in [2.75, 3.05) is 0 Å². The quantitative estimate of drug-likeness (QED) is 0.580. The Kier molecular flexibility index (Phi) is 4.07. The fourth-order valence-corrected chi connectivity index (χ4v) is 6.00. The average Bonchev–Trinajstić information content (AvgIpc) is 2.23. The molecule has 0 aromatic heterocycles. The van der Waals surface area contributed by atoms with Gasteiger partial charge in [-0.1, -0.05) is 35.4 Å². The SMILES string of the molecule is Cc1cc(C)c([Si](F)(F)c2c(C)cc(C)cc2C)c(C)c1. The summed E-state index contributed by atoms with van der Waals surface area (Å²) in [5, 5.41) is 0.561. The number of halogens is 2. The minimum absolute atomic E-state index is 0.281. The van der Waals surface area contributed by atoms with E-state index < -0.39 is 8.74 Å². The van der Waals surface area contributed by atoms with E-state index in [1.807, 2.05) is 38.1 Å². The third kappa shape index (κ3) is 2.79. The first kappa shape index (κ1) is 15.9. The van der Waals surface area contributed by atoms with Crippen molar-refractivity contribution in [2.45, 2.75) is 41.5 Å². The minimum atomic E-state index is -4.68. The van der Waals surface area contributed by atoms with E-state index in [9.17, 15) is 0 Å². The van der Waals surface area contributed by atoms with E-state index in [2.05, 4.69) is 0 Å². The lowest BCUT2D eigenvalue weighted by molar-refractivity contribution is 0.652. The van der Waals surface area contributed by atoms with Crippen molar-refractivity contribution in [1.29, 1.82) is 0 Å². The number of hydrogen-bond donors (Lipinski definition) is 0. The van der Waals surface area contributed by atoms with E-state index in [-0.39, 0.29) is 10.4 Å². The number of aryl methyl sites for hydroxylation is 6. The molecule has 0 atom stereocenters. The second-order valence-electron chi connectivity index (χ2n) is 6.12. The summed E-state index contributed by atoms with van der Waals surface area (Å²) in [5.74, 6) is 0. The van der Waals surface area contributed by atoms with E-state index in [1.165, 1.54) is 0 Å². The Labute approximate surface area is 127 Å². The molecule has 2 rings (SSSR count). The smallest absolute Gasteiger partial charge is 0.259 e. The molecule has 0 aliphatic carbocycles. The van der Waals surface area contributed by atoms with Crippen molar-refractivity contribution in [3.05, 3.63) is 57.6 Å².